The van der Waals surface area contributed by atoms with Crippen molar-refractivity contribution in [2.75, 3.05) is 6.54 Å². The Morgan fingerprint density at radius 2 is 1.86 bits per heavy atom. The molecule has 1 fully saturated rings. The number of benzene rings is 1. The van der Waals surface area contributed by atoms with Crippen LogP contribution in [0.5, 0.6) is 0 Å². The molecule has 0 aromatic heterocycles. The lowest BCUT2D eigenvalue weighted by Gasteiger charge is -2.22. The zero-order valence-electron chi connectivity index (χ0n) is 13.1. The number of nitrogens with one attached hydrogen (secondary N) is 1. The third-order valence-electron chi connectivity index (χ3n) is 4.01. The second-order valence-electron chi connectivity index (χ2n) is 6.00. The number of primary amides is 1. The van der Waals surface area contributed by atoms with E-state index >= 15 is 0 Å². The van der Waals surface area contributed by atoms with Gasteiger partial charge in [0, 0.05) is 13.0 Å². The van der Waals surface area contributed by atoms with Gasteiger partial charge in [-0.2, -0.15) is 0 Å². The Labute approximate surface area is 129 Å². The van der Waals surface area contributed by atoms with Crippen molar-refractivity contribution in [3.8, 4) is 0 Å². The first-order chi connectivity index (χ1) is 10.3. The van der Waals surface area contributed by atoms with E-state index in [1.165, 1.54) is 0 Å². The fourth-order valence-corrected chi connectivity index (χ4v) is 2.52. The fraction of sp³-hybridized carbons (Fsp3) is 0.438. The minimum absolute atomic E-state index is 0.000330. The second kappa shape index (κ2) is 5.79. The summed E-state index contributed by atoms with van der Waals surface area (Å²) in [5, 5.41) is 2.70. The Bertz CT molecular complexity index is 610. The number of carbonyl (C=O) groups excluding carboxylic acids is 3. The van der Waals surface area contributed by atoms with E-state index in [1.54, 1.807) is 6.92 Å². The van der Waals surface area contributed by atoms with Crippen LogP contribution in [0.15, 0.2) is 24.3 Å². The molecule has 1 atom stereocenters. The minimum atomic E-state index is -1.11. The zero-order chi connectivity index (χ0) is 16.5. The SMILES string of the molecule is CC(C)c1ccc([C@@]2(C)NC(=O)N(CCC(N)=O)C2=O)cc1. The zero-order valence-corrected chi connectivity index (χ0v) is 13.1. The van der Waals surface area contributed by atoms with Gasteiger partial charge in [-0.05, 0) is 24.0 Å². The molecule has 0 bridgehead atoms. The molecule has 0 spiro atoms. The molecule has 0 radical (unpaired) electrons. The first kappa shape index (κ1) is 16.0. The summed E-state index contributed by atoms with van der Waals surface area (Å²) < 4.78 is 0. The Kier molecular flexibility index (Phi) is 4.21. The van der Waals surface area contributed by atoms with Gasteiger partial charge in [-0.25, -0.2) is 4.79 Å². The van der Waals surface area contributed by atoms with Crippen LogP contribution in [0.2, 0.25) is 0 Å². The van der Waals surface area contributed by atoms with Crippen molar-refractivity contribution in [3.63, 3.8) is 0 Å². The number of hydrogen-bond acceptors (Lipinski definition) is 3. The van der Waals surface area contributed by atoms with E-state index in [2.05, 4.69) is 19.2 Å². The molecular formula is C16H21N3O3. The van der Waals surface area contributed by atoms with E-state index < -0.39 is 17.5 Å². The molecule has 2 rings (SSSR count). The molecule has 3 N–H and O–H groups in total. The van der Waals surface area contributed by atoms with Crippen LogP contribution in [0, 0.1) is 0 Å². The Morgan fingerprint density at radius 1 is 1.27 bits per heavy atom. The normalized spacial score (nSPS) is 21.4. The van der Waals surface area contributed by atoms with Crippen LogP contribution in [-0.2, 0) is 15.1 Å². The maximum absolute atomic E-state index is 12.6. The Morgan fingerprint density at radius 3 is 2.36 bits per heavy atom. The van der Waals surface area contributed by atoms with E-state index in [1.807, 2.05) is 24.3 Å². The Hall–Kier alpha value is -2.37. The monoisotopic (exact) mass is 303 g/mol. The summed E-state index contributed by atoms with van der Waals surface area (Å²) in [5.74, 6) is -0.519. The first-order valence-corrected chi connectivity index (χ1v) is 7.28. The molecule has 0 unspecified atom stereocenters. The molecule has 1 aliphatic heterocycles. The largest absolute Gasteiger partial charge is 0.370 e. The van der Waals surface area contributed by atoms with Crippen LogP contribution in [-0.4, -0.2) is 29.3 Å². The third kappa shape index (κ3) is 2.81. The van der Waals surface area contributed by atoms with Gasteiger partial charge in [0.2, 0.25) is 5.91 Å². The van der Waals surface area contributed by atoms with Gasteiger partial charge < -0.3 is 11.1 Å². The minimum Gasteiger partial charge on any atom is -0.370 e. The maximum Gasteiger partial charge on any atom is 0.325 e. The van der Waals surface area contributed by atoms with Crippen LogP contribution < -0.4 is 11.1 Å². The number of carbonyl (C=O) groups is 3. The number of amides is 4. The summed E-state index contributed by atoms with van der Waals surface area (Å²) in [5.41, 5.74) is 5.85. The van der Waals surface area contributed by atoms with E-state index in [9.17, 15) is 14.4 Å². The standard InChI is InChI=1S/C16H21N3O3/c1-10(2)11-4-6-12(7-5-11)16(3)14(21)19(15(22)18-16)9-8-13(17)20/h4-7,10H,8-9H2,1-3H3,(H2,17,20)(H,18,22)/t16-/m1/s1. The highest BCUT2D eigenvalue weighted by Gasteiger charge is 2.48. The molecular weight excluding hydrogens is 282 g/mol. The molecule has 22 heavy (non-hydrogen) atoms. The lowest BCUT2D eigenvalue weighted by molar-refractivity contribution is -0.131. The third-order valence-corrected chi connectivity index (χ3v) is 4.01. The van der Waals surface area contributed by atoms with Gasteiger partial charge in [-0.3, -0.25) is 14.5 Å². The molecule has 1 aromatic carbocycles. The molecule has 1 aromatic rings. The van der Waals surface area contributed by atoms with Crippen LogP contribution in [0.4, 0.5) is 4.79 Å². The number of hydrogen-bond donors (Lipinski definition) is 2. The van der Waals surface area contributed by atoms with Crippen molar-refractivity contribution in [1.29, 1.82) is 0 Å². The average molecular weight is 303 g/mol. The molecule has 0 saturated carbocycles. The van der Waals surface area contributed by atoms with E-state index in [4.69, 9.17) is 5.73 Å². The number of nitrogens with two attached hydrogens (primary N) is 1. The summed E-state index contributed by atoms with van der Waals surface area (Å²) in [6.07, 6.45) is -0.0402. The van der Waals surface area contributed by atoms with Crippen LogP contribution in [0.25, 0.3) is 0 Å². The van der Waals surface area contributed by atoms with Crippen molar-refractivity contribution < 1.29 is 14.4 Å². The van der Waals surface area contributed by atoms with Gasteiger partial charge in [0.1, 0.15) is 5.54 Å². The van der Waals surface area contributed by atoms with Crippen LogP contribution in [0.3, 0.4) is 0 Å². The predicted octanol–water partition coefficient (Wildman–Crippen LogP) is 1.45. The molecule has 4 amide bonds. The van der Waals surface area contributed by atoms with Crippen LogP contribution >= 0.6 is 0 Å². The van der Waals surface area contributed by atoms with Gasteiger partial charge in [-0.15, -0.1) is 0 Å². The van der Waals surface area contributed by atoms with Gasteiger partial charge in [0.15, 0.2) is 0 Å². The highest BCUT2D eigenvalue weighted by Crippen LogP contribution is 2.29. The van der Waals surface area contributed by atoms with Crippen molar-refractivity contribution in [3.05, 3.63) is 35.4 Å². The molecule has 1 saturated heterocycles. The number of urea groups is 1. The molecule has 1 heterocycles. The smallest absolute Gasteiger partial charge is 0.325 e. The van der Waals surface area contributed by atoms with Crippen molar-refractivity contribution in [2.45, 2.75) is 38.6 Å². The molecule has 118 valence electrons. The predicted molar refractivity (Wildman–Crippen MR) is 81.9 cm³/mol. The van der Waals surface area contributed by atoms with Crippen molar-refractivity contribution in [1.82, 2.24) is 10.2 Å². The van der Waals surface area contributed by atoms with E-state index in [0.29, 0.717) is 5.92 Å². The average Bonchev–Trinajstić information content (AvgIpc) is 2.68. The number of rotatable bonds is 5. The van der Waals surface area contributed by atoms with Crippen LogP contribution in [0.1, 0.15) is 44.2 Å². The molecule has 6 heteroatoms. The van der Waals surface area contributed by atoms with E-state index in [-0.39, 0.29) is 18.9 Å². The summed E-state index contributed by atoms with van der Waals surface area (Å²) in [6, 6.07) is 7.12. The fourth-order valence-electron chi connectivity index (χ4n) is 2.52. The molecule has 0 aliphatic carbocycles. The van der Waals surface area contributed by atoms with Crippen molar-refractivity contribution >= 4 is 17.8 Å². The van der Waals surface area contributed by atoms with Gasteiger partial charge in [0.25, 0.3) is 5.91 Å². The lowest BCUT2D eigenvalue weighted by atomic mass is 9.90. The summed E-state index contributed by atoms with van der Waals surface area (Å²) in [6.45, 7) is 5.84. The topological polar surface area (TPSA) is 92.5 Å². The van der Waals surface area contributed by atoms with Gasteiger partial charge >= 0.3 is 6.03 Å². The van der Waals surface area contributed by atoms with Gasteiger partial charge in [0.05, 0.1) is 0 Å². The summed E-state index contributed by atoms with van der Waals surface area (Å²) in [4.78, 5) is 36.5. The van der Waals surface area contributed by atoms with Crippen molar-refractivity contribution in [2.24, 2.45) is 5.73 Å². The maximum atomic E-state index is 12.6. The van der Waals surface area contributed by atoms with E-state index in [0.717, 1.165) is 16.0 Å². The molecule has 1 aliphatic rings. The number of nitrogens with zero attached hydrogens (tertiary/aromatic N) is 1. The molecule has 6 nitrogen and oxygen atoms in total. The summed E-state index contributed by atoms with van der Waals surface area (Å²) >= 11 is 0. The lowest BCUT2D eigenvalue weighted by Crippen LogP contribution is -2.41. The number of imide groups is 1. The highest BCUT2D eigenvalue weighted by atomic mass is 16.2. The Balaban J connectivity index is 2.24. The first-order valence-electron chi connectivity index (χ1n) is 7.28. The summed E-state index contributed by atoms with van der Waals surface area (Å²) in [7, 11) is 0. The highest BCUT2D eigenvalue weighted by molar-refractivity contribution is 6.07. The van der Waals surface area contributed by atoms with Gasteiger partial charge in [-0.1, -0.05) is 38.1 Å². The second-order valence-corrected chi connectivity index (χ2v) is 6.00. The quantitative estimate of drug-likeness (QED) is 0.806.